The van der Waals surface area contributed by atoms with E-state index in [0.717, 1.165) is 55.5 Å². The van der Waals surface area contributed by atoms with Gasteiger partial charge in [0.25, 0.3) is 0 Å². The Hall–Kier alpha value is -6.94. The first-order valence-corrected chi connectivity index (χ1v) is 30.8. The molecule has 1 aliphatic rings. The molecule has 1 fully saturated rings. The van der Waals surface area contributed by atoms with Gasteiger partial charge in [0.05, 0.1) is 0 Å². The van der Waals surface area contributed by atoms with E-state index in [1.54, 1.807) is 20.8 Å². The molecule has 0 spiro atoms. The van der Waals surface area contributed by atoms with E-state index < -0.39 is 0 Å². The summed E-state index contributed by atoms with van der Waals surface area (Å²) in [6, 6.07) is 20.9. The number of carbonyl (C=O) groups is 14. The Labute approximate surface area is 641 Å². The molecular weight excluding hydrogens is 1310 g/mol. The Morgan fingerprint density at radius 2 is 0.441 bits per heavy atom. The zero-order valence-electron chi connectivity index (χ0n) is 73.0. The van der Waals surface area contributed by atoms with Gasteiger partial charge in [-0.3, -0.25) is 4.79 Å². The molecule has 1 saturated heterocycles. The van der Waals surface area contributed by atoms with Crippen molar-refractivity contribution in [2.45, 2.75) is 244 Å². The monoisotopic (exact) mass is 1510 g/mol. The topological polar surface area (TPSA) is 682 Å². The van der Waals surface area contributed by atoms with Gasteiger partial charge in [0.15, 0.2) is 0 Å². The summed E-state index contributed by atoms with van der Waals surface area (Å²) >= 11 is 0. The highest BCUT2D eigenvalue weighted by atomic mass is 16.3. The molecule has 1 heterocycles. The second-order valence-electron chi connectivity index (χ2n) is 16.3. The molecule has 36 N–H and O–H groups in total. The van der Waals surface area contributed by atoms with E-state index in [4.69, 9.17) is 67.4 Å². The predicted molar refractivity (Wildman–Crippen MR) is 469 cm³/mol. The van der Waals surface area contributed by atoms with Crippen LogP contribution in [0.15, 0.2) is 60.7 Å². The quantitative estimate of drug-likeness (QED) is 0.128. The minimum atomic E-state index is -0.167. The Morgan fingerprint density at radius 1 is 0.333 bits per heavy atom. The number of carbonyl (C=O) groups excluding carboxylic acids is 14. The van der Waals surface area contributed by atoms with Crippen molar-refractivity contribution in [3.63, 3.8) is 0 Å². The summed E-state index contributed by atoms with van der Waals surface area (Å²) in [4.78, 5) is 117. The molecule has 652 valence electrons. The lowest BCUT2D eigenvalue weighted by molar-refractivity contribution is -0.129. The highest BCUT2D eigenvalue weighted by Crippen LogP contribution is 2.07. The number of hydrogen-bond donors (Lipinski definition) is 14. The number of aliphatic hydroxyl groups excluding tert-OH is 1. The fraction of sp³-hybridized carbons (Fsp3) is 0.644. The third-order valence-corrected chi connectivity index (χ3v) is 7.57. The number of nitrogens with two attached hydrogens (primary N) is 4. The highest BCUT2D eigenvalue weighted by Gasteiger charge is 2.11. The zero-order chi connectivity index (χ0) is 82.6. The normalized spacial score (nSPS) is 6.70. The molecule has 2 aromatic rings. The molecule has 2 aromatic carbocycles. The minimum Gasteiger partial charge on any atom is -0.394 e. The van der Waals surface area contributed by atoms with Crippen LogP contribution in [0.1, 0.15) is 243 Å². The molecule has 0 radical (unpaired) electrons. The summed E-state index contributed by atoms with van der Waals surface area (Å²) in [7, 11) is 6.00. The van der Waals surface area contributed by atoms with Crippen molar-refractivity contribution in [2.24, 2.45) is 52.5 Å². The first kappa shape index (κ1) is 233. The molecule has 1 amide bonds. The lowest BCUT2D eigenvalue weighted by Crippen LogP contribution is -2.33. The number of benzene rings is 2. The van der Waals surface area contributed by atoms with Crippen molar-refractivity contribution >= 4 is 94.2 Å². The van der Waals surface area contributed by atoms with Gasteiger partial charge in [0, 0.05) is 33.3 Å². The molecule has 0 unspecified atom stereocenters. The lowest BCUT2D eigenvalue weighted by atomic mass is 10.1. The van der Waals surface area contributed by atoms with Crippen molar-refractivity contribution in [3.8, 4) is 0 Å². The first-order chi connectivity index (χ1) is 44.7. The summed E-state index contributed by atoms with van der Waals surface area (Å²) in [5.41, 5.74) is 20.8. The Morgan fingerprint density at radius 3 is 0.500 bits per heavy atom. The molecule has 0 aliphatic carbocycles. The largest absolute Gasteiger partial charge is 0.394 e. The van der Waals surface area contributed by atoms with Crippen LogP contribution in [0, 0.1) is 29.6 Å². The van der Waals surface area contributed by atoms with Crippen LogP contribution in [-0.2, 0) is 80.0 Å². The Balaban J connectivity index is -0.0000000116. The number of hydrogen-bond acceptors (Lipinski definition) is 28. The molecule has 29 heteroatoms. The number of nitrogens with zero attached hydrogens (tertiary/aromatic N) is 1. The number of aliphatic hydroxyl groups is 1. The average molecular weight is 1510 g/mol. The SMILES string of the molecule is C=O.C=O.C=O.C=O.C=O.C=O.C=O.C=O.C=O.C=O.C=O.C=O.C=O.CC.CC.CC.CC(=O)N1CCCCC1.CC(C)C.CC(C)O.CCC(C)C.CCC(C)C.CCC(C)C.CCC(C)C.CCc1ccccc1.CCc1ccccc1.CN.CN.CN.CN.N.N.N.N.N.N.N.N.N.[HH].[HH].[HH].[HH].[HH]. The van der Waals surface area contributed by atoms with Crippen molar-refractivity contribution in [1.82, 2.24) is 60.3 Å². The van der Waals surface area contributed by atoms with E-state index >= 15 is 0 Å². The van der Waals surface area contributed by atoms with Crippen LogP contribution in [-0.4, -0.2) is 152 Å². The van der Waals surface area contributed by atoms with Crippen molar-refractivity contribution in [2.75, 3.05) is 41.3 Å². The van der Waals surface area contributed by atoms with Gasteiger partial charge in [0.1, 0.15) is 88.3 Å². The molecule has 0 bridgehead atoms. The van der Waals surface area contributed by atoms with Crippen LogP contribution >= 0.6 is 0 Å². The maximum atomic E-state index is 10.7. The highest BCUT2D eigenvalue weighted by molar-refractivity contribution is 5.73. The fourth-order valence-corrected chi connectivity index (χ4v) is 2.64. The Kier molecular flexibility index (Phi) is 959. The average Bonchev–Trinajstić information content (AvgIpc) is 3.67. The van der Waals surface area contributed by atoms with Gasteiger partial charge >= 0.3 is 0 Å². The van der Waals surface area contributed by atoms with Gasteiger partial charge in [-0.1, -0.05) is 246 Å². The third-order valence-electron chi connectivity index (χ3n) is 7.57. The van der Waals surface area contributed by atoms with Crippen molar-refractivity contribution in [1.29, 1.82) is 0 Å². The predicted octanol–water partition coefficient (Wildman–Crippen LogP) is 17.4. The van der Waals surface area contributed by atoms with Crippen molar-refractivity contribution < 1.29 is 79.4 Å². The standard InChI is InChI=1S/2C8H10.C7H13NO.4C5H12.C4H10.C3H8O.3C2H6.4CH5N.13CH2O.9H3N.5H2/c2*1-2-8-6-4-3-5-7-8;1-7(9)8-5-3-2-4-6-8;4*1-4-5(2)3;1-4(2)3;1-3(2)4;20*1-2;;;;;;;;;;;;;;/h2*3-7H,2H2,1H3;2-6H2,1H3;4*5H,4H2,1-3H3;4H,1-3H3;3-4H,1-2H3;3*1-2H3;4*2H2,1H3;13*1H2;9*1H3;5*1H. The van der Waals surface area contributed by atoms with Gasteiger partial charge in [-0.25, -0.2) is 0 Å². The number of amides is 1. The number of rotatable bonds is 6. The molecule has 0 aromatic heterocycles. The zero-order valence-corrected chi connectivity index (χ0v) is 73.0. The van der Waals surface area contributed by atoms with Gasteiger partial charge in [0.2, 0.25) is 5.91 Å². The van der Waals surface area contributed by atoms with Gasteiger partial charge in [-0.2, -0.15) is 0 Å². The van der Waals surface area contributed by atoms with Crippen LogP contribution in [0.4, 0.5) is 0 Å². The van der Waals surface area contributed by atoms with Gasteiger partial charge in [-0.15, -0.1) is 0 Å². The number of piperidine rings is 1. The number of likely N-dealkylation sites (tertiary alicyclic amines) is 1. The number of aryl methyl sites for hydroxylation is 2. The summed E-state index contributed by atoms with van der Waals surface area (Å²) < 4.78 is 0. The Bertz CT molecular complexity index is 1080. The molecular formula is C73H200N14O15. The van der Waals surface area contributed by atoms with Gasteiger partial charge in [-0.05, 0) is 115 Å². The summed E-state index contributed by atoms with van der Waals surface area (Å²) in [6.45, 7) is 82.4. The second kappa shape index (κ2) is 420. The van der Waals surface area contributed by atoms with E-state index in [1.165, 1.54) is 84.3 Å². The van der Waals surface area contributed by atoms with Crippen LogP contribution in [0.25, 0.3) is 0 Å². The van der Waals surface area contributed by atoms with Crippen LogP contribution < -0.4 is 78.3 Å². The van der Waals surface area contributed by atoms with E-state index in [2.05, 4.69) is 189 Å². The van der Waals surface area contributed by atoms with Gasteiger partial charge < -0.3 is 151 Å². The van der Waals surface area contributed by atoms with Crippen molar-refractivity contribution in [3.05, 3.63) is 71.8 Å². The summed E-state index contributed by atoms with van der Waals surface area (Å²) in [5.74, 6) is 4.60. The summed E-state index contributed by atoms with van der Waals surface area (Å²) in [5, 5.41) is 8.06. The lowest BCUT2D eigenvalue weighted by Gasteiger charge is -2.24. The maximum Gasteiger partial charge on any atom is 0.219 e. The van der Waals surface area contributed by atoms with E-state index in [0.29, 0.717) is 0 Å². The van der Waals surface area contributed by atoms with Crippen LogP contribution in [0.5, 0.6) is 0 Å². The molecule has 3 rings (SSSR count). The first-order valence-electron chi connectivity index (χ1n) is 30.8. The molecule has 102 heavy (non-hydrogen) atoms. The molecule has 1 aliphatic heterocycles. The van der Waals surface area contributed by atoms with E-state index in [9.17, 15) is 4.79 Å². The van der Waals surface area contributed by atoms with E-state index in [1.807, 2.05) is 147 Å². The van der Waals surface area contributed by atoms with Crippen LogP contribution in [0.2, 0.25) is 0 Å². The smallest absolute Gasteiger partial charge is 0.219 e. The van der Waals surface area contributed by atoms with Crippen LogP contribution in [0.3, 0.4) is 0 Å². The molecule has 0 atom stereocenters. The van der Waals surface area contributed by atoms with E-state index in [-0.39, 0.29) is 74.5 Å². The second-order valence-corrected chi connectivity index (χ2v) is 16.3. The molecule has 0 saturated carbocycles. The summed E-state index contributed by atoms with van der Waals surface area (Å²) in [6.07, 6.45) is 11.0. The molecule has 29 nitrogen and oxygen atoms in total. The third kappa shape index (κ3) is 722. The minimum absolute atomic E-state index is 0. The fourth-order valence-electron chi connectivity index (χ4n) is 2.64. The maximum absolute atomic E-state index is 10.7.